The number of likely N-dealkylation sites (N-methyl/N-ethyl adjacent to an activating group) is 1. The predicted molar refractivity (Wildman–Crippen MR) is 86.9 cm³/mol. The van der Waals surface area contributed by atoms with E-state index in [1.807, 2.05) is 14.2 Å². The SMILES string of the molecule is CNC(c1cc(C)ccc1OC)C(OC)C1CCCCC1. The van der Waals surface area contributed by atoms with Crippen molar-refractivity contribution in [3.8, 4) is 5.75 Å². The van der Waals surface area contributed by atoms with Gasteiger partial charge < -0.3 is 14.8 Å². The van der Waals surface area contributed by atoms with Gasteiger partial charge >= 0.3 is 0 Å². The average molecular weight is 291 g/mol. The Kier molecular flexibility index (Phi) is 6.07. The number of rotatable bonds is 6. The van der Waals surface area contributed by atoms with Gasteiger partial charge in [-0.3, -0.25) is 0 Å². The zero-order valence-electron chi connectivity index (χ0n) is 13.8. The van der Waals surface area contributed by atoms with Gasteiger partial charge in [0.15, 0.2) is 0 Å². The molecule has 2 unspecified atom stereocenters. The van der Waals surface area contributed by atoms with Crippen LogP contribution in [0, 0.1) is 12.8 Å². The zero-order valence-corrected chi connectivity index (χ0v) is 13.8. The first-order chi connectivity index (χ1) is 10.2. The van der Waals surface area contributed by atoms with Gasteiger partial charge in [-0.15, -0.1) is 0 Å². The normalized spacial score (nSPS) is 19.2. The summed E-state index contributed by atoms with van der Waals surface area (Å²) in [5, 5.41) is 3.46. The van der Waals surface area contributed by atoms with Crippen molar-refractivity contribution < 1.29 is 9.47 Å². The summed E-state index contributed by atoms with van der Waals surface area (Å²) in [6.07, 6.45) is 6.75. The van der Waals surface area contributed by atoms with E-state index in [9.17, 15) is 0 Å². The van der Waals surface area contributed by atoms with Gasteiger partial charge in [0.1, 0.15) is 5.75 Å². The van der Waals surface area contributed by atoms with E-state index >= 15 is 0 Å². The van der Waals surface area contributed by atoms with Crippen molar-refractivity contribution in [2.45, 2.75) is 51.2 Å². The number of hydrogen-bond donors (Lipinski definition) is 1. The molecule has 3 nitrogen and oxygen atoms in total. The number of aryl methyl sites for hydroxylation is 1. The van der Waals surface area contributed by atoms with Crippen LogP contribution in [-0.4, -0.2) is 27.4 Å². The summed E-state index contributed by atoms with van der Waals surface area (Å²) in [5.41, 5.74) is 2.46. The van der Waals surface area contributed by atoms with Gasteiger partial charge in [-0.1, -0.05) is 37.0 Å². The first-order valence-electron chi connectivity index (χ1n) is 8.05. The van der Waals surface area contributed by atoms with Crippen LogP contribution in [0.15, 0.2) is 18.2 Å². The molecule has 0 spiro atoms. The molecule has 0 heterocycles. The molecule has 3 heteroatoms. The molecule has 1 aromatic rings. The standard InChI is InChI=1S/C18H29NO2/c1-13-10-11-16(20-3)15(12-13)17(19-2)18(21-4)14-8-6-5-7-9-14/h10-12,14,17-19H,5-9H2,1-4H3. The number of nitrogens with one attached hydrogen (secondary N) is 1. The van der Waals surface area contributed by atoms with Crippen LogP contribution >= 0.6 is 0 Å². The van der Waals surface area contributed by atoms with Crippen LogP contribution in [-0.2, 0) is 4.74 Å². The summed E-state index contributed by atoms with van der Waals surface area (Å²) < 4.78 is 11.5. The smallest absolute Gasteiger partial charge is 0.123 e. The highest BCUT2D eigenvalue weighted by atomic mass is 16.5. The summed E-state index contributed by atoms with van der Waals surface area (Å²) in [5.74, 6) is 1.57. The molecule has 1 N–H and O–H groups in total. The minimum atomic E-state index is 0.174. The van der Waals surface area contributed by atoms with Crippen LogP contribution in [0.4, 0.5) is 0 Å². The maximum Gasteiger partial charge on any atom is 0.123 e. The largest absolute Gasteiger partial charge is 0.496 e. The van der Waals surface area contributed by atoms with E-state index in [0.29, 0.717) is 5.92 Å². The molecule has 1 aliphatic rings. The maximum absolute atomic E-state index is 5.92. The average Bonchev–Trinajstić information content (AvgIpc) is 2.53. The van der Waals surface area contributed by atoms with Crippen LogP contribution in [0.25, 0.3) is 0 Å². The Morgan fingerprint density at radius 1 is 1.14 bits per heavy atom. The van der Waals surface area contributed by atoms with Crippen molar-refractivity contribution in [2.75, 3.05) is 21.3 Å². The summed E-state index contributed by atoms with van der Waals surface area (Å²) in [4.78, 5) is 0. The fourth-order valence-corrected chi connectivity index (χ4v) is 3.66. The van der Waals surface area contributed by atoms with Crippen molar-refractivity contribution in [3.63, 3.8) is 0 Å². The Balaban J connectivity index is 2.29. The topological polar surface area (TPSA) is 30.5 Å². The minimum absolute atomic E-state index is 0.174. The molecule has 0 aliphatic heterocycles. The Labute approximate surface area is 129 Å². The van der Waals surface area contributed by atoms with Crippen LogP contribution in [0.1, 0.15) is 49.3 Å². The highest BCUT2D eigenvalue weighted by Gasteiger charge is 2.32. The van der Waals surface area contributed by atoms with E-state index in [2.05, 4.69) is 30.4 Å². The quantitative estimate of drug-likeness (QED) is 0.863. The van der Waals surface area contributed by atoms with Crippen molar-refractivity contribution in [2.24, 2.45) is 5.92 Å². The Morgan fingerprint density at radius 2 is 1.86 bits per heavy atom. The summed E-state index contributed by atoms with van der Waals surface area (Å²) >= 11 is 0. The van der Waals surface area contributed by atoms with Gasteiger partial charge in [0.05, 0.1) is 19.3 Å². The molecule has 1 saturated carbocycles. The van der Waals surface area contributed by atoms with Gasteiger partial charge in [0.2, 0.25) is 0 Å². The molecule has 0 amide bonds. The molecule has 2 rings (SSSR count). The lowest BCUT2D eigenvalue weighted by Crippen LogP contribution is -2.38. The minimum Gasteiger partial charge on any atom is -0.496 e. The van der Waals surface area contributed by atoms with E-state index < -0.39 is 0 Å². The third kappa shape index (κ3) is 3.78. The lowest BCUT2D eigenvalue weighted by molar-refractivity contribution is 0.00887. The van der Waals surface area contributed by atoms with Gasteiger partial charge in [-0.2, -0.15) is 0 Å². The zero-order chi connectivity index (χ0) is 15.2. The van der Waals surface area contributed by atoms with Crippen molar-refractivity contribution in [1.82, 2.24) is 5.32 Å². The third-order valence-electron chi connectivity index (χ3n) is 4.75. The Morgan fingerprint density at radius 3 is 2.43 bits per heavy atom. The number of benzene rings is 1. The van der Waals surface area contributed by atoms with Gasteiger partial charge in [0.25, 0.3) is 0 Å². The van der Waals surface area contributed by atoms with Crippen LogP contribution < -0.4 is 10.1 Å². The Hall–Kier alpha value is -1.06. The molecule has 0 radical (unpaired) electrons. The van der Waals surface area contributed by atoms with E-state index in [1.54, 1.807) is 7.11 Å². The first kappa shape index (κ1) is 16.3. The second-order valence-electron chi connectivity index (χ2n) is 6.11. The molecule has 2 atom stereocenters. The summed E-state index contributed by atoms with van der Waals surface area (Å²) in [6.45, 7) is 2.12. The highest BCUT2D eigenvalue weighted by molar-refractivity contribution is 5.39. The number of hydrogen-bond acceptors (Lipinski definition) is 3. The van der Waals surface area contributed by atoms with Crippen molar-refractivity contribution in [3.05, 3.63) is 29.3 Å². The lowest BCUT2D eigenvalue weighted by Gasteiger charge is -2.35. The maximum atomic E-state index is 5.92. The van der Waals surface area contributed by atoms with E-state index in [-0.39, 0.29) is 12.1 Å². The third-order valence-corrected chi connectivity index (χ3v) is 4.75. The molecule has 1 aromatic carbocycles. The Bertz CT molecular complexity index is 441. The van der Waals surface area contributed by atoms with Crippen LogP contribution in [0.5, 0.6) is 5.75 Å². The molecule has 0 saturated heterocycles. The lowest BCUT2D eigenvalue weighted by atomic mass is 9.80. The van der Waals surface area contributed by atoms with Crippen molar-refractivity contribution >= 4 is 0 Å². The molecule has 1 fully saturated rings. The van der Waals surface area contributed by atoms with Gasteiger partial charge in [-0.05, 0) is 38.8 Å². The fourth-order valence-electron chi connectivity index (χ4n) is 3.66. The van der Waals surface area contributed by atoms with Crippen LogP contribution in [0.2, 0.25) is 0 Å². The second-order valence-corrected chi connectivity index (χ2v) is 6.11. The molecular formula is C18H29NO2. The number of methoxy groups -OCH3 is 2. The van der Waals surface area contributed by atoms with E-state index in [1.165, 1.54) is 43.2 Å². The summed E-state index contributed by atoms with van der Waals surface area (Å²) in [7, 11) is 5.59. The summed E-state index contributed by atoms with van der Waals surface area (Å²) in [6, 6.07) is 6.54. The van der Waals surface area contributed by atoms with E-state index in [0.717, 1.165) is 5.75 Å². The van der Waals surface area contributed by atoms with Crippen LogP contribution in [0.3, 0.4) is 0 Å². The van der Waals surface area contributed by atoms with Gasteiger partial charge in [0, 0.05) is 12.7 Å². The molecule has 1 aliphatic carbocycles. The first-order valence-corrected chi connectivity index (χ1v) is 8.05. The van der Waals surface area contributed by atoms with Crippen molar-refractivity contribution in [1.29, 1.82) is 0 Å². The molecule has 118 valence electrons. The second kappa shape index (κ2) is 7.81. The fraction of sp³-hybridized carbons (Fsp3) is 0.667. The molecule has 0 aromatic heterocycles. The molecule has 21 heavy (non-hydrogen) atoms. The monoisotopic (exact) mass is 291 g/mol. The van der Waals surface area contributed by atoms with E-state index in [4.69, 9.17) is 9.47 Å². The van der Waals surface area contributed by atoms with Gasteiger partial charge in [-0.25, -0.2) is 0 Å². The molecular weight excluding hydrogens is 262 g/mol. The predicted octanol–water partition coefficient (Wildman–Crippen LogP) is 3.86. The molecule has 0 bridgehead atoms. The highest BCUT2D eigenvalue weighted by Crippen LogP contribution is 2.37. The number of ether oxygens (including phenoxy) is 2.